The first-order valence-corrected chi connectivity index (χ1v) is 14.1. The number of rotatable bonds is 9. The Kier molecular flexibility index (Phi) is 8.21. The fraction of sp³-hybridized carbons (Fsp3) is 0.633. The summed E-state index contributed by atoms with van der Waals surface area (Å²) >= 11 is 0. The van der Waals surface area contributed by atoms with Crippen molar-refractivity contribution >= 4 is 28.6 Å². The van der Waals surface area contributed by atoms with Crippen molar-refractivity contribution in [3.05, 3.63) is 35.5 Å². The molecule has 1 unspecified atom stereocenters. The molecule has 2 aromatic rings. The Morgan fingerprint density at radius 2 is 1.84 bits per heavy atom. The molecule has 2 aliphatic rings. The maximum absolute atomic E-state index is 14.3. The van der Waals surface area contributed by atoms with E-state index in [4.69, 9.17) is 0 Å². The van der Waals surface area contributed by atoms with Crippen LogP contribution in [0.5, 0.6) is 0 Å². The maximum atomic E-state index is 14.3. The number of hydrogen-bond donors (Lipinski definition) is 2. The van der Waals surface area contributed by atoms with Gasteiger partial charge in [0.2, 0.25) is 17.7 Å². The number of amides is 3. The van der Waals surface area contributed by atoms with Crippen LogP contribution in [0.1, 0.15) is 65.1 Å². The summed E-state index contributed by atoms with van der Waals surface area (Å²) in [5.74, 6) is -1.06. The predicted octanol–water partition coefficient (Wildman–Crippen LogP) is 3.51. The Bertz CT molecular complexity index is 1180. The molecule has 38 heavy (non-hydrogen) atoms. The molecule has 8 heteroatoms. The number of aromatic amines is 1. The van der Waals surface area contributed by atoms with E-state index in [0.717, 1.165) is 36.0 Å². The second-order valence-electron chi connectivity index (χ2n) is 12.0. The molecule has 3 heterocycles. The third-order valence-corrected chi connectivity index (χ3v) is 8.48. The standard InChI is InChI=1S/C30H45N5O3/c1-19(2)35(20(3)4)29(38)24-17-21(18-26(36)31-14-10-15-33(6)7)28(37)34-16-13-23-22-11-8-9-12-25(22)32-27(23)30(24,34)5/h8-9,11-12,19-21,24,32H,10,13-18H2,1-7H3,(H,31,36)/t21?,24-,30+/m1/s1. The maximum Gasteiger partial charge on any atom is 0.228 e. The summed E-state index contributed by atoms with van der Waals surface area (Å²) in [6, 6.07) is 8.27. The highest BCUT2D eigenvalue weighted by atomic mass is 16.2. The summed E-state index contributed by atoms with van der Waals surface area (Å²) in [7, 11) is 4.01. The minimum absolute atomic E-state index is 0.0232. The quantitative estimate of drug-likeness (QED) is 0.493. The molecule has 0 radical (unpaired) electrons. The van der Waals surface area contributed by atoms with E-state index in [2.05, 4.69) is 34.3 Å². The summed E-state index contributed by atoms with van der Waals surface area (Å²) in [6.45, 7) is 12.2. The van der Waals surface area contributed by atoms with Crippen LogP contribution in [0.2, 0.25) is 0 Å². The molecule has 3 amide bonds. The molecule has 0 aliphatic carbocycles. The second-order valence-corrected chi connectivity index (χ2v) is 12.0. The zero-order valence-corrected chi connectivity index (χ0v) is 24.1. The zero-order chi connectivity index (χ0) is 27.8. The van der Waals surface area contributed by atoms with Crippen molar-refractivity contribution in [2.75, 3.05) is 33.7 Å². The van der Waals surface area contributed by atoms with Crippen LogP contribution in [-0.4, -0.2) is 83.2 Å². The lowest BCUT2D eigenvalue weighted by molar-refractivity contribution is -0.166. The molecule has 1 aromatic carbocycles. The Labute approximate surface area is 227 Å². The number of nitrogens with one attached hydrogen (secondary N) is 2. The van der Waals surface area contributed by atoms with E-state index in [0.29, 0.717) is 19.5 Å². The molecule has 2 N–H and O–H groups in total. The Morgan fingerprint density at radius 1 is 1.16 bits per heavy atom. The molecule has 2 aliphatic heterocycles. The van der Waals surface area contributed by atoms with E-state index >= 15 is 0 Å². The van der Waals surface area contributed by atoms with E-state index in [1.165, 1.54) is 5.56 Å². The van der Waals surface area contributed by atoms with Gasteiger partial charge in [0.25, 0.3) is 0 Å². The van der Waals surface area contributed by atoms with Crippen molar-refractivity contribution in [3.63, 3.8) is 0 Å². The minimum Gasteiger partial charge on any atom is -0.356 e. The van der Waals surface area contributed by atoms with Gasteiger partial charge in [0.1, 0.15) is 0 Å². The van der Waals surface area contributed by atoms with Gasteiger partial charge in [0.15, 0.2) is 0 Å². The SMILES string of the molecule is CC(C)N(C(=O)[C@H]1CC(CC(=O)NCCCN(C)C)C(=O)N2CCc3c([nH]c4ccccc34)[C@]12C)C(C)C. The van der Waals surface area contributed by atoms with Crippen molar-refractivity contribution < 1.29 is 14.4 Å². The van der Waals surface area contributed by atoms with Gasteiger partial charge in [0, 0.05) is 54.1 Å². The van der Waals surface area contributed by atoms with Crippen LogP contribution in [0.25, 0.3) is 10.9 Å². The largest absolute Gasteiger partial charge is 0.356 e. The lowest BCUT2D eigenvalue weighted by atomic mass is 9.67. The topological polar surface area (TPSA) is 88.8 Å². The van der Waals surface area contributed by atoms with Gasteiger partial charge >= 0.3 is 0 Å². The normalized spacial score (nSPS) is 23.2. The van der Waals surface area contributed by atoms with Crippen LogP contribution >= 0.6 is 0 Å². The molecule has 1 aromatic heterocycles. The predicted molar refractivity (Wildman–Crippen MR) is 151 cm³/mol. The summed E-state index contributed by atoms with van der Waals surface area (Å²) in [6.07, 6.45) is 2.05. The van der Waals surface area contributed by atoms with Crippen LogP contribution in [0.15, 0.2) is 24.3 Å². The Hall–Kier alpha value is -2.87. The lowest BCUT2D eigenvalue weighted by Gasteiger charge is -2.54. The van der Waals surface area contributed by atoms with Gasteiger partial charge in [-0.2, -0.15) is 0 Å². The van der Waals surface area contributed by atoms with Gasteiger partial charge in [0.05, 0.1) is 11.5 Å². The molecule has 1 fully saturated rings. The highest BCUT2D eigenvalue weighted by molar-refractivity contribution is 5.93. The first-order chi connectivity index (χ1) is 18.0. The van der Waals surface area contributed by atoms with Crippen LogP contribution in [0, 0.1) is 11.8 Å². The number of carbonyl (C=O) groups excluding carboxylic acids is 3. The van der Waals surface area contributed by atoms with Gasteiger partial charge in [-0.05, 0) is 86.2 Å². The van der Waals surface area contributed by atoms with Crippen molar-refractivity contribution in [2.24, 2.45) is 11.8 Å². The van der Waals surface area contributed by atoms with Gasteiger partial charge in [-0.15, -0.1) is 0 Å². The summed E-state index contributed by atoms with van der Waals surface area (Å²) in [4.78, 5) is 50.7. The number of para-hydroxylation sites is 1. The molecule has 3 atom stereocenters. The molecule has 4 rings (SSSR count). The first kappa shape index (κ1) is 28.1. The fourth-order valence-corrected chi connectivity index (χ4v) is 6.74. The molecule has 1 saturated heterocycles. The number of carbonyl (C=O) groups is 3. The third-order valence-electron chi connectivity index (χ3n) is 8.48. The number of piperidine rings is 1. The van der Waals surface area contributed by atoms with Crippen molar-refractivity contribution in [1.29, 1.82) is 0 Å². The van der Waals surface area contributed by atoms with Gasteiger partial charge in [-0.1, -0.05) is 18.2 Å². The Balaban J connectivity index is 1.69. The fourth-order valence-electron chi connectivity index (χ4n) is 6.74. The molecule has 8 nitrogen and oxygen atoms in total. The van der Waals surface area contributed by atoms with Crippen LogP contribution in [0.4, 0.5) is 0 Å². The van der Waals surface area contributed by atoms with E-state index in [1.807, 2.05) is 63.7 Å². The number of H-pyrrole nitrogens is 1. The molecule has 208 valence electrons. The van der Waals surface area contributed by atoms with Gasteiger partial charge in [-0.3, -0.25) is 14.4 Å². The van der Waals surface area contributed by atoms with Gasteiger partial charge in [-0.25, -0.2) is 0 Å². The van der Waals surface area contributed by atoms with E-state index in [-0.39, 0.29) is 36.2 Å². The van der Waals surface area contributed by atoms with E-state index in [1.54, 1.807) is 0 Å². The average Bonchev–Trinajstić information content (AvgIpc) is 3.23. The number of benzene rings is 1. The summed E-state index contributed by atoms with van der Waals surface area (Å²) in [5.41, 5.74) is 2.39. The van der Waals surface area contributed by atoms with Crippen molar-refractivity contribution in [3.8, 4) is 0 Å². The smallest absolute Gasteiger partial charge is 0.228 e. The highest BCUT2D eigenvalue weighted by Gasteiger charge is 2.57. The average molecular weight is 524 g/mol. The van der Waals surface area contributed by atoms with Crippen LogP contribution in [-0.2, 0) is 26.3 Å². The van der Waals surface area contributed by atoms with Gasteiger partial charge < -0.3 is 25.0 Å². The highest BCUT2D eigenvalue weighted by Crippen LogP contribution is 2.50. The second kappa shape index (κ2) is 11.1. The molecule has 0 saturated carbocycles. The van der Waals surface area contributed by atoms with Crippen molar-refractivity contribution in [1.82, 2.24) is 25.0 Å². The molecule has 0 bridgehead atoms. The first-order valence-electron chi connectivity index (χ1n) is 14.1. The lowest BCUT2D eigenvalue weighted by Crippen LogP contribution is -2.65. The molecule has 0 spiro atoms. The number of fused-ring (bicyclic) bond motifs is 5. The van der Waals surface area contributed by atoms with Crippen LogP contribution < -0.4 is 5.32 Å². The van der Waals surface area contributed by atoms with E-state index in [9.17, 15) is 14.4 Å². The molecular weight excluding hydrogens is 478 g/mol. The number of aromatic nitrogens is 1. The number of nitrogens with zero attached hydrogens (tertiary/aromatic N) is 3. The minimum atomic E-state index is -0.804. The Morgan fingerprint density at radius 3 is 2.50 bits per heavy atom. The number of hydrogen-bond acceptors (Lipinski definition) is 4. The molecular formula is C30H45N5O3. The van der Waals surface area contributed by atoms with E-state index < -0.39 is 17.4 Å². The monoisotopic (exact) mass is 523 g/mol. The zero-order valence-electron chi connectivity index (χ0n) is 24.1. The third kappa shape index (κ3) is 5.07. The summed E-state index contributed by atoms with van der Waals surface area (Å²) < 4.78 is 0. The van der Waals surface area contributed by atoms with Crippen molar-refractivity contribution in [2.45, 2.75) is 77.9 Å². The summed E-state index contributed by atoms with van der Waals surface area (Å²) in [5, 5.41) is 4.14. The van der Waals surface area contributed by atoms with Crippen LogP contribution in [0.3, 0.4) is 0 Å².